The van der Waals surface area contributed by atoms with Crippen LogP contribution in [0.5, 0.6) is 11.5 Å². The third-order valence-electron chi connectivity index (χ3n) is 5.08. The van der Waals surface area contributed by atoms with Crippen LogP contribution in [0.25, 0.3) is 0 Å². The van der Waals surface area contributed by atoms with E-state index >= 15 is 0 Å². The van der Waals surface area contributed by atoms with Crippen LogP contribution >= 0.6 is 12.4 Å². The topological polar surface area (TPSA) is 88.2 Å². The lowest BCUT2D eigenvalue weighted by atomic mass is 10.1. The zero-order valence-electron chi connectivity index (χ0n) is 14.9. The third kappa shape index (κ3) is 4.01. The number of nitrogens with zero attached hydrogens (tertiary/aromatic N) is 2. The standard InChI is InChI=1S/C17H23N3O5S.ClH/c21-17-11-18-5-7-20(17)13-2-1-6-19(12-13)26(22,23)14-3-4-15-16(10-14)25-9-8-24-15;/h3-4,10,13,18H,1-2,5-9,11-12H2;1H. The first-order valence-corrected chi connectivity index (χ1v) is 10.4. The summed E-state index contributed by atoms with van der Waals surface area (Å²) in [4.78, 5) is 14.2. The van der Waals surface area contributed by atoms with Gasteiger partial charge in [0.05, 0.1) is 11.4 Å². The average molecular weight is 418 g/mol. The van der Waals surface area contributed by atoms with Gasteiger partial charge in [0, 0.05) is 38.3 Å². The minimum atomic E-state index is -3.64. The van der Waals surface area contributed by atoms with Gasteiger partial charge in [0.25, 0.3) is 0 Å². The zero-order valence-corrected chi connectivity index (χ0v) is 16.6. The Morgan fingerprint density at radius 1 is 1.11 bits per heavy atom. The molecule has 0 bridgehead atoms. The molecule has 2 saturated heterocycles. The highest BCUT2D eigenvalue weighted by Gasteiger charge is 2.35. The van der Waals surface area contributed by atoms with Crippen molar-refractivity contribution < 1.29 is 22.7 Å². The van der Waals surface area contributed by atoms with E-state index in [0.29, 0.717) is 50.9 Å². The van der Waals surface area contributed by atoms with Gasteiger partial charge in [-0.3, -0.25) is 4.79 Å². The summed E-state index contributed by atoms with van der Waals surface area (Å²) in [5.74, 6) is 1.07. The van der Waals surface area contributed by atoms with Gasteiger partial charge in [0.1, 0.15) is 13.2 Å². The minimum absolute atomic E-state index is 0. The Bertz CT molecular complexity index is 804. The Balaban J connectivity index is 0.00000210. The molecule has 1 amide bonds. The number of ether oxygens (including phenoxy) is 2. The molecule has 3 aliphatic rings. The summed E-state index contributed by atoms with van der Waals surface area (Å²) in [5, 5.41) is 3.05. The summed E-state index contributed by atoms with van der Waals surface area (Å²) in [6, 6.07) is 4.67. The van der Waals surface area contributed by atoms with Gasteiger partial charge in [-0.15, -0.1) is 12.4 Å². The second kappa shape index (κ2) is 8.22. The number of piperazine rings is 1. The van der Waals surface area contributed by atoms with E-state index in [1.165, 1.54) is 10.4 Å². The lowest BCUT2D eigenvalue weighted by Crippen LogP contribution is -2.57. The fourth-order valence-corrected chi connectivity index (χ4v) is 5.27. The molecule has 0 aliphatic carbocycles. The van der Waals surface area contributed by atoms with Gasteiger partial charge < -0.3 is 19.7 Å². The van der Waals surface area contributed by atoms with Crippen molar-refractivity contribution in [3.05, 3.63) is 18.2 Å². The molecule has 0 aromatic heterocycles. The highest BCUT2D eigenvalue weighted by atomic mass is 35.5. The molecule has 1 aromatic rings. The van der Waals surface area contributed by atoms with E-state index in [1.807, 2.05) is 4.90 Å². The van der Waals surface area contributed by atoms with Crippen LogP contribution in [0.15, 0.2) is 23.1 Å². The van der Waals surface area contributed by atoms with Crippen LogP contribution < -0.4 is 14.8 Å². The maximum absolute atomic E-state index is 13.1. The van der Waals surface area contributed by atoms with Gasteiger partial charge >= 0.3 is 0 Å². The van der Waals surface area contributed by atoms with Gasteiger partial charge in [0.2, 0.25) is 15.9 Å². The van der Waals surface area contributed by atoms with Crippen molar-refractivity contribution in [2.75, 3.05) is 45.9 Å². The number of sulfonamides is 1. The van der Waals surface area contributed by atoms with Crippen molar-refractivity contribution in [1.29, 1.82) is 0 Å². The van der Waals surface area contributed by atoms with E-state index in [2.05, 4.69) is 5.32 Å². The highest BCUT2D eigenvalue weighted by Crippen LogP contribution is 2.34. The van der Waals surface area contributed by atoms with Crippen LogP contribution in [0.3, 0.4) is 0 Å². The molecular formula is C17H24ClN3O5S. The smallest absolute Gasteiger partial charge is 0.243 e. The monoisotopic (exact) mass is 417 g/mol. The number of halogens is 1. The number of rotatable bonds is 3. The number of piperidine rings is 1. The zero-order chi connectivity index (χ0) is 18.1. The van der Waals surface area contributed by atoms with Crippen LogP contribution in [-0.2, 0) is 14.8 Å². The van der Waals surface area contributed by atoms with E-state index in [-0.39, 0.29) is 29.3 Å². The summed E-state index contributed by atoms with van der Waals surface area (Å²) >= 11 is 0. The molecule has 3 heterocycles. The van der Waals surface area contributed by atoms with E-state index in [1.54, 1.807) is 12.1 Å². The molecule has 1 N–H and O–H groups in total. The molecule has 0 saturated carbocycles. The van der Waals surface area contributed by atoms with Crippen LogP contribution in [0.1, 0.15) is 12.8 Å². The molecule has 1 unspecified atom stereocenters. The maximum Gasteiger partial charge on any atom is 0.243 e. The molecule has 0 spiro atoms. The van der Waals surface area contributed by atoms with Crippen LogP contribution in [0.2, 0.25) is 0 Å². The molecule has 8 nitrogen and oxygen atoms in total. The van der Waals surface area contributed by atoms with Crippen LogP contribution in [-0.4, -0.2) is 75.5 Å². The van der Waals surface area contributed by atoms with Crippen LogP contribution in [0.4, 0.5) is 0 Å². The van der Waals surface area contributed by atoms with Gasteiger partial charge in [-0.05, 0) is 25.0 Å². The molecule has 4 rings (SSSR count). The highest BCUT2D eigenvalue weighted by molar-refractivity contribution is 7.89. The Morgan fingerprint density at radius 2 is 1.89 bits per heavy atom. The number of hydrogen-bond acceptors (Lipinski definition) is 6. The van der Waals surface area contributed by atoms with Crippen molar-refractivity contribution in [1.82, 2.24) is 14.5 Å². The largest absolute Gasteiger partial charge is 0.486 e. The molecule has 150 valence electrons. The Kier molecular flexibility index (Phi) is 6.15. The van der Waals surface area contributed by atoms with Crippen molar-refractivity contribution in [2.45, 2.75) is 23.8 Å². The summed E-state index contributed by atoms with van der Waals surface area (Å²) in [6.07, 6.45) is 1.57. The fourth-order valence-electron chi connectivity index (χ4n) is 3.73. The number of fused-ring (bicyclic) bond motifs is 1. The SMILES string of the molecule is Cl.O=C1CNCCN1C1CCCN(S(=O)(=O)c2ccc3c(c2)OCCO3)C1. The number of carbonyl (C=O) groups is 1. The van der Waals surface area contributed by atoms with E-state index in [4.69, 9.17) is 9.47 Å². The molecule has 0 radical (unpaired) electrons. The fraction of sp³-hybridized carbons (Fsp3) is 0.588. The maximum atomic E-state index is 13.1. The quantitative estimate of drug-likeness (QED) is 0.769. The van der Waals surface area contributed by atoms with Crippen molar-refractivity contribution in [3.8, 4) is 11.5 Å². The number of nitrogens with one attached hydrogen (secondary N) is 1. The van der Waals surface area contributed by atoms with Gasteiger partial charge in [0.15, 0.2) is 11.5 Å². The number of amides is 1. The Hall–Kier alpha value is -1.55. The van der Waals surface area contributed by atoms with Crippen molar-refractivity contribution in [2.24, 2.45) is 0 Å². The number of carbonyl (C=O) groups excluding carboxylic acids is 1. The first kappa shape index (κ1) is 20.2. The Labute approximate surface area is 165 Å². The minimum Gasteiger partial charge on any atom is -0.486 e. The van der Waals surface area contributed by atoms with Gasteiger partial charge in [-0.1, -0.05) is 0 Å². The average Bonchev–Trinajstić information content (AvgIpc) is 2.68. The molecule has 27 heavy (non-hydrogen) atoms. The molecule has 3 aliphatic heterocycles. The van der Waals surface area contributed by atoms with E-state index in [0.717, 1.165) is 19.4 Å². The summed E-state index contributed by atoms with van der Waals surface area (Å²) in [5.41, 5.74) is 0. The lowest BCUT2D eigenvalue weighted by molar-refractivity contribution is -0.135. The van der Waals surface area contributed by atoms with E-state index < -0.39 is 10.0 Å². The number of hydrogen-bond donors (Lipinski definition) is 1. The summed E-state index contributed by atoms with van der Waals surface area (Å²) < 4.78 is 38.7. The lowest BCUT2D eigenvalue weighted by Gasteiger charge is -2.40. The molecule has 2 fully saturated rings. The molecular weight excluding hydrogens is 394 g/mol. The van der Waals surface area contributed by atoms with Gasteiger partial charge in [-0.25, -0.2) is 8.42 Å². The summed E-state index contributed by atoms with van der Waals surface area (Å²) in [7, 11) is -3.64. The summed E-state index contributed by atoms with van der Waals surface area (Å²) in [6.45, 7) is 3.37. The second-order valence-electron chi connectivity index (χ2n) is 6.73. The van der Waals surface area contributed by atoms with Crippen molar-refractivity contribution in [3.63, 3.8) is 0 Å². The molecule has 10 heteroatoms. The second-order valence-corrected chi connectivity index (χ2v) is 8.67. The number of benzene rings is 1. The predicted molar refractivity (Wildman–Crippen MR) is 101 cm³/mol. The van der Waals surface area contributed by atoms with Crippen LogP contribution in [0, 0.1) is 0 Å². The van der Waals surface area contributed by atoms with E-state index in [9.17, 15) is 13.2 Å². The first-order valence-electron chi connectivity index (χ1n) is 8.96. The molecule has 1 aromatic carbocycles. The first-order chi connectivity index (χ1) is 12.6. The molecule has 1 atom stereocenters. The third-order valence-corrected chi connectivity index (χ3v) is 6.94. The van der Waals surface area contributed by atoms with Crippen molar-refractivity contribution >= 4 is 28.3 Å². The Morgan fingerprint density at radius 3 is 2.67 bits per heavy atom. The van der Waals surface area contributed by atoms with Gasteiger partial charge in [-0.2, -0.15) is 4.31 Å². The predicted octanol–water partition coefficient (Wildman–Crippen LogP) is 0.465. The normalized spacial score (nSPS) is 23.6.